The zero-order valence-corrected chi connectivity index (χ0v) is 13.3. The Morgan fingerprint density at radius 3 is 2.58 bits per heavy atom. The first-order valence-corrected chi connectivity index (χ1v) is 7.32. The quantitative estimate of drug-likeness (QED) is 0.589. The van der Waals surface area contributed by atoms with Crippen LogP contribution in [0.4, 0.5) is 10.3 Å². The van der Waals surface area contributed by atoms with E-state index in [2.05, 4.69) is 20.9 Å². The largest absolute Gasteiger partial charge is 0.369 e. The van der Waals surface area contributed by atoms with Crippen molar-refractivity contribution in [2.24, 2.45) is 0 Å². The minimum Gasteiger partial charge on any atom is -0.369 e. The zero-order valence-electron chi connectivity index (χ0n) is 9.57. The minimum absolute atomic E-state index is 0.272. The molecule has 3 aromatic rings. The molecule has 3 rings (SSSR count). The number of nitrogen functional groups attached to an aromatic ring is 1. The molecule has 96 valence electrons. The molecule has 0 fully saturated rings. The highest BCUT2D eigenvalue weighted by Crippen LogP contribution is 2.26. The summed E-state index contributed by atoms with van der Waals surface area (Å²) in [5, 5.41) is 0. The van der Waals surface area contributed by atoms with Crippen molar-refractivity contribution in [2.75, 3.05) is 5.73 Å². The molecule has 0 aliphatic heterocycles. The lowest BCUT2D eigenvalue weighted by molar-refractivity contribution is 0.622. The Hall–Kier alpha value is -1.15. The molecule has 2 N–H and O–H groups in total. The SMILES string of the molecule is Nc1nc2cc(I)c(F)cc2n1-c1ccc(Br)cc1. The zero-order chi connectivity index (χ0) is 13.6. The monoisotopic (exact) mass is 431 g/mol. The van der Waals surface area contributed by atoms with Crippen LogP contribution in [-0.4, -0.2) is 9.55 Å². The third kappa shape index (κ3) is 2.23. The molecule has 0 radical (unpaired) electrons. The molecule has 1 heterocycles. The van der Waals surface area contributed by atoms with Gasteiger partial charge in [-0.15, -0.1) is 0 Å². The molecule has 0 bridgehead atoms. The van der Waals surface area contributed by atoms with Crippen LogP contribution >= 0.6 is 38.5 Å². The third-order valence-electron chi connectivity index (χ3n) is 2.81. The summed E-state index contributed by atoms with van der Waals surface area (Å²) in [6.07, 6.45) is 0. The number of imidazole rings is 1. The number of hydrogen-bond acceptors (Lipinski definition) is 2. The molecule has 0 aliphatic rings. The Balaban J connectivity index is 2.31. The van der Waals surface area contributed by atoms with Crippen molar-refractivity contribution in [3.05, 3.63) is 50.3 Å². The standard InChI is InChI=1S/C13H8BrFIN3/c14-7-1-3-8(4-2-7)19-12-5-9(15)10(16)6-11(12)18-13(19)17/h1-6H,(H2,17,18). The second-order valence-electron chi connectivity index (χ2n) is 4.04. The van der Waals surface area contributed by atoms with Gasteiger partial charge >= 0.3 is 0 Å². The van der Waals surface area contributed by atoms with Gasteiger partial charge < -0.3 is 5.73 Å². The number of benzene rings is 2. The Kier molecular flexibility index (Phi) is 3.22. The fourth-order valence-corrected chi connectivity index (χ4v) is 2.67. The first kappa shape index (κ1) is 12.9. The molecule has 0 atom stereocenters. The van der Waals surface area contributed by atoms with Gasteiger partial charge in [0.2, 0.25) is 5.95 Å². The molecule has 0 saturated carbocycles. The fourth-order valence-electron chi connectivity index (χ4n) is 1.95. The van der Waals surface area contributed by atoms with Crippen molar-refractivity contribution in [3.63, 3.8) is 0 Å². The van der Waals surface area contributed by atoms with E-state index in [-0.39, 0.29) is 5.82 Å². The van der Waals surface area contributed by atoms with E-state index >= 15 is 0 Å². The van der Waals surface area contributed by atoms with Crippen LogP contribution in [0.1, 0.15) is 0 Å². The summed E-state index contributed by atoms with van der Waals surface area (Å²) in [5.41, 5.74) is 8.14. The smallest absolute Gasteiger partial charge is 0.205 e. The highest BCUT2D eigenvalue weighted by molar-refractivity contribution is 14.1. The normalized spacial score (nSPS) is 11.1. The van der Waals surface area contributed by atoms with Gasteiger partial charge in [0.1, 0.15) is 5.82 Å². The lowest BCUT2D eigenvalue weighted by Crippen LogP contribution is -2.00. The van der Waals surface area contributed by atoms with Crippen LogP contribution in [0.15, 0.2) is 40.9 Å². The van der Waals surface area contributed by atoms with Crippen molar-refractivity contribution in [3.8, 4) is 5.69 Å². The Bertz CT molecular complexity index is 768. The van der Waals surface area contributed by atoms with Gasteiger partial charge in [-0.3, -0.25) is 4.57 Å². The first-order valence-electron chi connectivity index (χ1n) is 5.45. The topological polar surface area (TPSA) is 43.8 Å². The molecule has 0 saturated heterocycles. The van der Waals surface area contributed by atoms with E-state index in [1.165, 1.54) is 6.07 Å². The summed E-state index contributed by atoms with van der Waals surface area (Å²) in [7, 11) is 0. The summed E-state index contributed by atoms with van der Waals surface area (Å²) in [4.78, 5) is 4.27. The van der Waals surface area contributed by atoms with Gasteiger partial charge in [-0.25, -0.2) is 9.37 Å². The number of anilines is 1. The number of halogens is 3. The summed E-state index contributed by atoms with van der Waals surface area (Å²) in [5.74, 6) is 0.0742. The molecule has 2 aromatic carbocycles. The molecule has 0 amide bonds. The summed E-state index contributed by atoms with van der Waals surface area (Å²) >= 11 is 5.32. The molecule has 3 nitrogen and oxygen atoms in total. The van der Waals surface area contributed by atoms with E-state index in [1.54, 1.807) is 10.6 Å². The van der Waals surface area contributed by atoms with Crippen LogP contribution in [0, 0.1) is 9.39 Å². The van der Waals surface area contributed by atoms with E-state index in [4.69, 9.17) is 5.73 Å². The number of aromatic nitrogens is 2. The van der Waals surface area contributed by atoms with Crippen LogP contribution in [0.5, 0.6) is 0 Å². The van der Waals surface area contributed by atoms with Gasteiger partial charge in [0.05, 0.1) is 14.6 Å². The van der Waals surface area contributed by atoms with Crippen molar-refractivity contribution in [1.29, 1.82) is 0 Å². The van der Waals surface area contributed by atoms with Gasteiger partial charge in [0.15, 0.2) is 0 Å². The van der Waals surface area contributed by atoms with Gasteiger partial charge in [0.25, 0.3) is 0 Å². The van der Waals surface area contributed by atoms with Gasteiger partial charge in [-0.2, -0.15) is 0 Å². The average molecular weight is 432 g/mol. The minimum atomic E-state index is -0.272. The first-order chi connectivity index (χ1) is 9.06. The van der Waals surface area contributed by atoms with E-state index in [1.807, 2.05) is 46.9 Å². The van der Waals surface area contributed by atoms with E-state index in [0.29, 0.717) is 20.6 Å². The predicted molar refractivity (Wildman–Crippen MR) is 85.9 cm³/mol. The average Bonchev–Trinajstić information content (AvgIpc) is 2.67. The van der Waals surface area contributed by atoms with E-state index < -0.39 is 0 Å². The van der Waals surface area contributed by atoms with Crippen LogP contribution < -0.4 is 5.73 Å². The summed E-state index contributed by atoms with van der Waals surface area (Å²) in [6, 6.07) is 10.8. The number of hydrogen-bond donors (Lipinski definition) is 1. The highest BCUT2D eigenvalue weighted by Gasteiger charge is 2.12. The molecule has 0 unspecified atom stereocenters. The Morgan fingerprint density at radius 1 is 1.21 bits per heavy atom. The summed E-state index contributed by atoms with van der Waals surface area (Å²) < 4.78 is 17.0. The van der Waals surface area contributed by atoms with E-state index in [0.717, 1.165) is 10.2 Å². The number of fused-ring (bicyclic) bond motifs is 1. The van der Waals surface area contributed by atoms with Crippen molar-refractivity contribution in [1.82, 2.24) is 9.55 Å². The van der Waals surface area contributed by atoms with Crippen LogP contribution in [0.3, 0.4) is 0 Å². The fraction of sp³-hybridized carbons (Fsp3) is 0. The highest BCUT2D eigenvalue weighted by atomic mass is 127. The maximum atomic E-state index is 13.7. The van der Waals surface area contributed by atoms with E-state index in [9.17, 15) is 4.39 Å². The molecule has 1 aromatic heterocycles. The molecular formula is C13H8BrFIN3. The predicted octanol–water partition coefficient (Wildman–Crippen LogP) is 4.11. The second kappa shape index (κ2) is 4.75. The van der Waals surface area contributed by atoms with Crippen molar-refractivity contribution < 1.29 is 4.39 Å². The molecule has 0 spiro atoms. The second-order valence-corrected chi connectivity index (χ2v) is 6.11. The lowest BCUT2D eigenvalue weighted by Gasteiger charge is -2.06. The van der Waals surface area contributed by atoms with Gasteiger partial charge in [0, 0.05) is 16.2 Å². The van der Waals surface area contributed by atoms with Gasteiger partial charge in [-0.05, 0) is 52.9 Å². The van der Waals surface area contributed by atoms with Crippen molar-refractivity contribution >= 4 is 55.5 Å². The maximum absolute atomic E-state index is 13.7. The van der Waals surface area contributed by atoms with Crippen LogP contribution in [0.2, 0.25) is 0 Å². The number of nitrogens with zero attached hydrogens (tertiary/aromatic N) is 2. The number of nitrogens with two attached hydrogens (primary N) is 1. The molecular weight excluding hydrogens is 424 g/mol. The van der Waals surface area contributed by atoms with Crippen LogP contribution in [0.25, 0.3) is 16.7 Å². The third-order valence-corrected chi connectivity index (χ3v) is 4.16. The molecule has 6 heteroatoms. The lowest BCUT2D eigenvalue weighted by atomic mass is 10.2. The molecule has 19 heavy (non-hydrogen) atoms. The van der Waals surface area contributed by atoms with Crippen molar-refractivity contribution in [2.45, 2.75) is 0 Å². The maximum Gasteiger partial charge on any atom is 0.205 e. The Labute approximate surface area is 130 Å². The summed E-state index contributed by atoms with van der Waals surface area (Å²) in [6.45, 7) is 0. The van der Waals surface area contributed by atoms with Crippen LogP contribution in [-0.2, 0) is 0 Å². The van der Waals surface area contributed by atoms with Gasteiger partial charge in [-0.1, -0.05) is 15.9 Å². The molecule has 0 aliphatic carbocycles. The Morgan fingerprint density at radius 2 is 1.89 bits per heavy atom. The number of rotatable bonds is 1.